The van der Waals surface area contributed by atoms with Crippen LogP contribution in [0.4, 0.5) is 4.39 Å². The Balaban J connectivity index is 0.00000200. The van der Waals surface area contributed by atoms with Gasteiger partial charge in [-0.2, -0.15) is 0 Å². The molecule has 1 unspecified atom stereocenters. The topological polar surface area (TPSA) is 41.6 Å². The summed E-state index contributed by atoms with van der Waals surface area (Å²) in [5.41, 5.74) is 0.481. The number of nitrogens with zero attached hydrogens (tertiary/aromatic N) is 1. The first-order valence-electron chi connectivity index (χ1n) is 6.09. The molecule has 20 heavy (non-hydrogen) atoms. The van der Waals surface area contributed by atoms with Crippen LogP contribution in [0.5, 0.6) is 0 Å². The molecule has 1 aliphatic rings. The van der Waals surface area contributed by atoms with Crippen LogP contribution < -0.4 is 5.32 Å². The molecule has 1 atom stereocenters. The Morgan fingerprint density at radius 3 is 3.00 bits per heavy atom. The zero-order valence-corrected chi connectivity index (χ0v) is 13.5. The molecule has 4 nitrogen and oxygen atoms in total. The molecule has 7 heteroatoms. The molecule has 2 rings (SSSR count). The fourth-order valence-electron chi connectivity index (χ4n) is 1.97. The highest BCUT2D eigenvalue weighted by Crippen LogP contribution is 2.17. The number of hydrogen-bond donors (Lipinski definition) is 1. The second-order valence-corrected chi connectivity index (χ2v) is 5.41. The number of amides is 1. The molecular formula is C13H17BrClFN2O2. The molecule has 0 aliphatic carbocycles. The third kappa shape index (κ3) is 4.41. The molecule has 1 aromatic carbocycles. The molecule has 1 N–H and O–H groups in total. The number of carbonyl (C=O) groups excluding carboxylic acids is 1. The summed E-state index contributed by atoms with van der Waals surface area (Å²) in [5, 5.41) is 3.10. The smallest absolute Gasteiger partial charge is 0.253 e. The SMILES string of the molecule is CN(Cc1cc(Br)ccc1F)C(=O)C1CNCCO1.Cl. The second kappa shape index (κ2) is 7.93. The normalized spacial score (nSPS) is 18.2. The Labute approximate surface area is 132 Å². The van der Waals surface area contributed by atoms with Gasteiger partial charge >= 0.3 is 0 Å². The van der Waals surface area contributed by atoms with Gasteiger partial charge in [-0.25, -0.2) is 4.39 Å². The third-order valence-electron chi connectivity index (χ3n) is 2.99. The lowest BCUT2D eigenvalue weighted by molar-refractivity contribution is -0.144. The lowest BCUT2D eigenvalue weighted by Crippen LogP contribution is -2.48. The number of morpholine rings is 1. The zero-order chi connectivity index (χ0) is 13.8. The van der Waals surface area contributed by atoms with Crippen LogP contribution in [0.1, 0.15) is 5.56 Å². The number of hydrogen-bond acceptors (Lipinski definition) is 3. The number of benzene rings is 1. The summed E-state index contributed by atoms with van der Waals surface area (Å²) in [6.45, 7) is 2.01. The van der Waals surface area contributed by atoms with E-state index in [-0.39, 0.29) is 30.7 Å². The number of carbonyl (C=O) groups is 1. The van der Waals surface area contributed by atoms with Crippen LogP contribution >= 0.6 is 28.3 Å². The summed E-state index contributed by atoms with van der Waals surface area (Å²) in [5.74, 6) is -0.447. The summed E-state index contributed by atoms with van der Waals surface area (Å²) >= 11 is 3.30. The van der Waals surface area contributed by atoms with Gasteiger partial charge in [0, 0.05) is 36.7 Å². The number of likely N-dealkylation sites (N-methyl/N-ethyl adjacent to an activating group) is 1. The van der Waals surface area contributed by atoms with Crippen LogP contribution in [0.3, 0.4) is 0 Å². The van der Waals surface area contributed by atoms with Crippen molar-refractivity contribution >= 4 is 34.2 Å². The summed E-state index contributed by atoms with van der Waals surface area (Å²) in [4.78, 5) is 13.6. The predicted octanol–water partition coefficient (Wildman–Crippen LogP) is 1.96. The van der Waals surface area contributed by atoms with Crippen molar-refractivity contribution in [3.63, 3.8) is 0 Å². The summed E-state index contributed by atoms with van der Waals surface area (Å²) in [7, 11) is 1.65. The van der Waals surface area contributed by atoms with E-state index < -0.39 is 6.10 Å². The van der Waals surface area contributed by atoms with E-state index in [1.165, 1.54) is 11.0 Å². The fraction of sp³-hybridized carbons (Fsp3) is 0.462. The van der Waals surface area contributed by atoms with Gasteiger partial charge in [-0.15, -0.1) is 12.4 Å². The highest BCUT2D eigenvalue weighted by Gasteiger charge is 2.25. The van der Waals surface area contributed by atoms with Gasteiger partial charge in [0.05, 0.1) is 6.61 Å². The molecule has 0 spiro atoms. The van der Waals surface area contributed by atoms with Crippen LogP contribution in [0.2, 0.25) is 0 Å². The molecule has 1 amide bonds. The van der Waals surface area contributed by atoms with Gasteiger partial charge in [0.2, 0.25) is 0 Å². The zero-order valence-electron chi connectivity index (χ0n) is 11.1. The first kappa shape index (κ1) is 17.4. The summed E-state index contributed by atoms with van der Waals surface area (Å²) in [6.07, 6.45) is -0.478. The van der Waals surface area contributed by atoms with E-state index >= 15 is 0 Å². The predicted molar refractivity (Wildman–Crippen MR) is 80.4 cm³/mol. The van der Waals surface area contributed by atoms with Gasteiger partial charge in [0.15, 0.2) is 0 Å². The molecule has 0 aromatic heterocycles. The van der Waals surface area contributed by atoms with Crippen LogP contribution in [0.15, 0.2) is 22.7 Å². The fourth-order valence-corrected chi connectivity index (χ4v) is 2.38. The van der Waals surface area contributed by atoms with Crippen LogP contribution in [-0.2, 0) is 16.1 Å². The molecule has 1 saturated heterocycles. The standard InChI is InChI=1S/C13H16BrFN2O2.ClH/c1-17(13(18)12-7-16-4-5-19-12)8-9-6-10(14)2-3-11(9)15;/h2-3,6,12,16H,4-5,7-8H2,1H3;1H. The Bertz CT molecular complexity index is 470. The van der Waals surface area contributed by atoms with Crippen molar-refractivity contribution in [2.24, 2.45) is 0 Å². The average molecular weight is 368 g/mol. The Kier molecular flexibility index (Phi) is 6.88. The van der Waals surface area contributed by atoms with Gasteiger partial charge in [0.1, 0.15) is 11.9 Å². The van der Waals surface area contributed by atoms with Gasteiger partial charge in [-0.3, -0.25) is 4.79 Å². The third-order valence-corrected chi connectivity index (χ3v) is 3.49. The van der Waals surface area contributed by atoms with E-state index in [9.17, 15) is 9.18 Å². The van der Waals surface area contributed by atoms with Crippen molar-refractivity contribution in [3.05, 3.63) is 34.1 Å². The molecular weight excluding hydrogens is 351 g/mol. The number of rotatable bonds is 3. The van der Waals surface area contributed by atoms with Crippen LogP contribution in [0, 0.1) is 5.82 Å². The van der Waals surface area contributed by atoms with Crippen molar-refractivity contribution in [1.82, 2.24) is 10.2 Å². The Morgan fingerprint density at radius 1 is 1.60 bits per heavy atom. The maximum atomic E-state index is 13.6. The maximum absolute atomic E-state index is 13.6. The molecule has 1 heterocycles. The van der Waals surface area contributed by atoms with E-state index in [1.54, 1.807) is 19.2 Å². The average Bonchev–Trinajstić information content (AvgIpc) is 2.43. The number of ether oxygens (including phenoxy) is 1. The molecule has 1 aliphatic heterocycles. The lowest BCUT2D eigenvalue weighted by atomic mass is 10.2. The lowest BCUT2D eigenvalue weighted by Gasteiger charge is -2.27. The van der Waals surface area contributed by atoms with E-state index in [2.05, 4.69) is 21.2 Å². The Morgan fingerprint density at radius 2 is 2.35 bits per heavy atom. The van der Waals surface area contributed by atoms with E-state index in [4.69, 9.17) is 4.74 Å². The molecule has 0 saturated carbocycles. The minimum atomic E-state index is -0.478. The van der Waals surface area contributed by atoms with Gasteiger partial charge < -0.3 is 15.0 Å². The minimum Gasteiger partial charge on any atom is -0.366 e. The molecule has 0 bridgehead atoms. The molecule has 112 valence electrons. The quantitative estimate of drug-likeness (QED) is 0.888. The Hall–Kier alpha value is -0.690. The van der Waals surface area contributed by atoms with Gasteiger partial charge in [-0.05, 0) is 18.2 Å². The van der Waals surface area contributed by atoms with Crippen LogP contribution in [-0.4, -0.2) is 43.7 Å². The van der Waals surface area contributed by atoms with Crippen molar-refractivity contribution in [2.75, 3.05) is 26.7 Å². The van der Waals surface area contributed by atoms with Crippen molar-refractivity contribution < 1.29 is 13.9 Å². The van der Waals surface area contributed by atoms with E-state index in [0.717, 1.165) is 11.0 Å². The molecule has 1 aromatic rings. The minimum absolute atomic E-state index is 0. The first-order chi connectivity index (χ1) is 9.08. The molecule has 0 radical (unpaired) electrons. The monoisotopic (exact) mass is 366 g/mol. The van der Waals surface area contributed by atoms with Gasteiger partial charge in [-0.1, -0.05) is 15.9 Å². The van der Waals surface area contributed by atoms with Crippen molar-refractivity contribution in [2.45, 2.75) is 12.6 Å². The van der Waals surface area contributed by atoms with Crippen LogP contribution in [0.25, 0.3) is 0 Å². The van der Waals surface area contributed by atoms with Crippen molar-refractivity contribution in [1.29, 1.82) is 0 Å². The summed E-state index contributed by atoms with van der Waals surface area (Å²) < 4.78 is 19.8. The highest BCUT2D eigenvalue weighted by atomic mass is 79.9. The summed E-state index contributed by atoms with van der Waals surface area (Å²) in [6, 6.07) is 4.70. The number of halogens is 3. The second-order valence-electron chi connectivity index (χ2n) is 4.49. The largest absolute Gasteiger partial charge is 0.366 e. The maximum Gasteiger partial charge on any atom is 0.253 e. The number of nitrogens with one attached hydrogen (secondary N) is 1. The van der Waals surface area contributed by atoms with Gasteiger partial charge in [0.25, 0.3) is 5.91 Å². The van der Waals surface area contributed by atoms with E-state index in [1.807, 2.05) is 0 Å². The van der Waals surface area contributed by atoms with Crippen molar-refractivity contribution in [3.8, 4) is 0 Å². The van der Waals surface area contributed by atoms with E-state index in [0.29, 0.717) is 18.7 Å². The first-order valence-corrected chi connectivity index (χ1v) is 6.88. The highest BCUT2D eigenvalue weighted by molar-refractivity contribution is 9.10. The molecule has 1 fully saturated rings.